The molecule has 13 aromatic carbocycles. The molecule has 0 amide bonds. The van der Waals surface area contributed by atoms with Crippen LogP contribution in [0.15, 0.2) is 401 Å². The maximum absolute atomic E-state index is 5.18. The predicted molar refractivity (Wildman–Crippen MR) is 464 cm³/mol. The first-order valence-electron chi connectivity index (χ1n) is 38.0. The zero-order valence-corrected chi connectivity index (χ0v) is 67.2. The Hall–Kier alpha value is -13.9. The fourth-order valence-corrected chi connectivity index (χ4v) is 15.3. The van der Waals surface area contributed by atoms with Crippen LogP contribution in [0.25, 0.3) is 201 Å². The first-order valence-corrected chi connectivity index (χ1v) is 38.0. The van der Waals surface area contributed by atoms with Crippen LogP contribution in [0, 0.1) is 36.4 Å². The number of pyridine rings is 6. The molecule has 8 heteroatoms. The van der Waals surface area contributed by atoms with Gasteiger partial charge in [-0.15, -0.1) is 173 Å². The number of benzene rings is 13. The van der Waals surface area contributed by atoms with Crippen LogP contribution in [0.2, 0.25) is 0 Å². The average Bonchev–Trinajstić information content (AvgIpc) is 0.767. The molecule has 0 bridgehead atoms. The third-order valence-corrected chi connectivity index (χ3v) is 21.0. The monoisotopic (exact) mass is 1830 g/mol. The summed E-state index contributed by atoms with van der Waals surface area (Å²) in [5.74, 6) is 0. The number of aromatic nitrogens is 6. The Morgan fingerprint density at radius 2 is 0.379 bits per heavy atom. The van der Waals surface area contributed by atoms with Gasteiger partial charge in [0, 0.05) is 31.0 Å². The first-order chi connectivity index (χ1) is 56.5. The molecule has 19 rings (SSSR count). The summed E-state index contributed by atoms with van der Waals surface area (Å²) in [6.07, 6.45) is 11.6. The predicted octanol–water partition coefficient (Wildman–Crippen LogP) is 26.9. The van der Waals surface area contributed by atoms with Crippen LogP contribution in [0.4, 0.5) is 0 Å². The molecule has 0 aliphatic carbocycles. The van der Waals surface area contributed by atoms with Crippen molar-refractivity contribution < 1.29 is 40.2 Å². The van der Waals surface area contributed by atoms with Crippen molar-refractivity contribution in [2.45, 2.75) is 0 Å². The van der Waals surface area contributed by atoms with Crippen molar-refractivity contribution in [1.29, 1.82) is 0 Å². The SMILES string of the molecule is [Ir+3].[Ir+3].[c-]1ccccc1-c1ccc(-c2ccccc2-c2cc(-c3ccccc3-c3c[c-]c(-c4cc(-c5ccc(-c6ccccc6-c6cc(-c7ccccc7-c7ccc(-c8[c-]cccc8)nc7)cc(-c7ccccc7-c7ccc(-c8[c-]cccc8)nc7)c6)cn5)[c-]cn4)cc3)cc(-c3ccccc3-c3ccc(-c4[c-]cccc4)nc3)c2)cn1. The third kappa shape index (κ3) is 15.7. The Labute approximate surface area is 703 Å². The number of rotatable bonds is 18. The Kier molecular flexibility index (Phi) is 22.0. The van der Waals surface area contributed by atoms with Crippen LogP contribution in [0.3, 0.4) is 0 Å². The molecule has 0 aliphatic rings. The van der Waals surface area contributed by atoms with E-state index >= 15 is 0 Å². The van der Waals surface area contributed by atoms with E-state index in [0.29, 0.717) is 0 Å². The van der Waals surface area contributed by atoms with E-state index in [1.165, 1.54) is 0 Å². The van der Waals surface area contributed by atoms with E-state index in [1.54, 1.807) is 6.20 Å². The molecule has 0 fully saturated rings. The number of nitrogens with zero attached hydrogens (tertiary/aromatic N) is 6. The molecule has 0 aliphatic heterocycles. The normalized spacial score (nSPS) is 11.0. The Bertz CT molecular complexity index is 5950. The molecule has 0 spiro atoms. The van der Waals surface area contributed by atoms with Gasteiger partial charge in [-0.1, -0.05) is 223 Å². The quantitative estimate of drug-likeness (QED) is 0.0797. The van der Waals surface area contributed by atoms with Crippen LogP contribution < -0.4 is 0 Å². The maximum atomic E-state index is 5.18. The molecule has 116 heavy (non-hydrogen) atoms. The summed E-state index contributed by atoms with van der Waals surface area (Å²) in [5.41, 5.74) is 35.9. The van der Waals surface area contributed by atoms with Crippen LogP contribution in [0.5, 0.6) is 0 Å². The van der Waals surface area contributed by atoms with Gasteiger partial charge in [0.15, 0.2) is 0 Å². The molecular weight excluding hydrogens is 1770 g/mol. The summed E-state index contributed by atoms with van der Waals surface area (Å²) >= 11 is 0. The van der Waals surface area contributed by atoms with Crippen LogP contribution >= 0.6 is 0 Å². The molecule has 19 aromatic rings. The molecule has 0 saturated carbocycles. The van der Waals surface area contributed by atoms with Crippen LogP contribution in [-0.4, -0.2) is 29.9 Å². The Morgan fingerprint density at radius 3 is 0.603 bits per heavy atom. The molecule has 0 N–H and O–H groups in total. The molecule has 6 aromatic heterocycles. The molecule has 0 unspecified atom stereocenters. The molecule has 6 nitrogen and oxygen atoms in total. The second-order valence-electron chi connectivity index (χ2n) is 28.0. The van der Waals surface area contributed by atoms with Gasteiger partial charge in [-0.3, -0.25) is 0 Å². The van der Waals surface area contributed by atoms with Crippen molar-refractivity contribution in [3.05, 3.63) is 438 Å². The van der Waals surface area contributed by atoms with E-state index < -0.39 is 0 Å². The summed E-state index contributed by atoms with van der Waals surface area (Å²) in [4.78, 5) is 29.9. The van der Waals surface area contributed by atoms with Crippen molar-refractivity contribution in [3.8, 4) is 201 Å². The van der Waals surface area contributed by atoms with Gasteiger partial charge in [0.05, 0.1) is 0 Å². The van der Waals surface area contributed by atoms with Gasteiger partial charge in [-0.2, -0.15) is 17.7 Å². The Morgan fingerprint density at radius 1 is 0.155 bits per heavy atom. The first kappa shape index (κ1) is 74.8. The smallest absolute Gasteiger partial charge is 0.331 e. The zero-order valence-electron chi connectivity index (χ0n) is 62.5. The van der Waals surface area contributed by atoms with Crippen molar-refractivity contribution >= 4 is 0 Å². The number of hydrogen-bond donors (Lipinski definition) is 0. The summed E-state index contributed by atoms with van der Waals surface area (Å²) < 4.78 is 0. The second-order valence-corrected chi connectivity index (χ2v) is 28.0. The summed E-state index contributed by atoms with van der Waals surface area (Å²) in [6.45, 7) is 0. The van der Waals surface area contributed by atoms with Crippen LogP contribution in [-0.2, 0) is 40.2 Å². The van der Waals surface area contributed by atoms with E-state index in [1.807, 2.05) is 128 Å². The van der Waals surface area contributed by atoms with Gasteiger partial charge in [-0.25, -0.2) is 0 Å². The number of hydrogen-bond acceptors (Lipinski definition) is 6. The van der Waals surface area contributed by atoms with E-state index in [4.69, 9.17) is 29.9 Å². The molecule has 546 valence electrons. The van der Waals surface area contributed by atoms with E-state index in [-0.39, 0.29) is 40.2 Å². The second kappa shape index (κ2) is 34.2. The van der Waals surface area contributed by atoms with E-state index in [9.17, 15) is 0 Å². The fraction of sp³-hybridized carbons (Fsp3) is 0. The summed E-state index contributed by atoms with van der Waals surface area (Å²) in [6, 6.07) is 148. The molecular formula is C108H66Ir2N6. The molecule has 0 atom stereocenters. The minimum Gasteiger partial charge on any atom is -0.331 e. The summed E-state index contributed by atoms with van der Waals surface area (Å²) in [5, 5.41) is 0. The van der Waals surface area contributed by atoms with Crippen molar-refractivity contribution in [3.63, 3.8) is 0 Å². The van der Waals surface area contributed by atoms with Gasteiger partial charge < -0.3 is 29.9 Å². The molecule has 6 heterocycles. The van der Waals surface area contributed by atoms with Crippen molar-refractivity contribution in [1.82, 2.24) is 29.9 Å². The minimum absolute atomic E-state index is 0. The van der Waals surface area contributed by atoms with Gasteiger partial charge in [0.25, 0.3) is 0 Å². The van der Waals surface area contributed by atoms with Gasteiger partial charge in [-0.05, 0) is 193 Å². The summed E-state index contributed by atoms with van der Waals surface area (Å²) in [7, 11) is 0. The Balaban J connectivity index is 0.00000484. The standard InChI is InChI=1S/C108H66N6.2Ir/c1-5-25-74(26-6-1)103-54-49-80(68-110-103)92-34-14-20-40-98(92)86-61-85(62-87(63-86)99-41-21-15-35-93(99)81-50-55-104(111-69-81)75-27-7-2-8-28-75)97-39-19-13-33-91(97)73-45-47-78(48-46-73)108-67-79(59-60-109-108)107-58-53-84(72-114-107)96-38-18-24-44-102(96)90-65-88(100-42-22-16-36-94(100)82-51-56-105(112-70-82)76-29-9-3-10-30-76)64-89(66-90)101-43-23-17-37-95(101)83-52-57-106(113-71-83)77-31-11-4-12-32-77;;/h1-25,27,29,31,33-47,49-58,60-72H;;/q-6;2*+3. The van der Waals surface area contributed by atoms with Gasteiger partial charge in [0.2, 0.25) is 0 Å². The molecule has 0 radical (unpaired) electrons. The van der Waals surface area contributed by atoms with E-state index in [0.717, 1.165) is 201 Å². The zero-order chi connectivity index (χ0) is 75.9. The minimum atomic E-state index is 0. The third-order valence-electron chi connectivity index (χ3n) is 21.0. The maximum Gasteiger partial charge on any atom is 3.00 e. The van der Waals surface area contributed by atoms with Gasteiger partial charge >= 0.3 is 40.2 Å². The van der Waals surface area contributed by atoms with Crippen molar-refractivity contribution in [2.24, 2.45) is 0 Å². The van der Waals surface area contributed by atoms with E-state index in [2.05, 4.69) is 303 Å². The van der Waals surface area contributed by atoms with Gasteiger partial charge in [0.1, 0.15) is 0 Å². The molecule has 0 saturated heterocycles. The largest absolute Gasteiger partial charge is 3.00 e. The van der Waals surface area contributed by atoms with Crippen molar-refractivity contribution in [2.75, 3.05) is 0 Å². The topological polar surface area (TPSA) is 77.3 Å². The average molecular weight is 1830 g/mol. The van der Waals surface area contributed by atoms with Crippen LogP contribution in [0.1, 0.15) is 0 Å². The fourth-order valence-electron chi connectivity index (χ4n) is 15.3.